The van der Waals surface area contributed by atoms with Crippen LogP contribution in [0.15, 0.2) is 42.5 Å². The van der Waals surface area contributed by atoms with Crippen molar-refractivity contribution in [2.75, 3.05) is 35.6 Å². The summed E-state index contributed by atoms with van der Waals surface area (Å²) in [6.45, 7) is 4.55. The number of anilines is 2. The molecule has 28 heavy (non-hydrogen) atoms. The summed E-state index contributed by atoms with van der Waals surface area (Å²) < 4.78 is 36.7. The zero-order valence-corrected chi connectivity index (χ0v) is 17.0. The Labute approximate surface area is 165 Å². The highest BCUT2D eigenvalue weighted by Crippen LogP contribution is 2.34. The van der Waals surface area contributed by atoms with Crippen LogP contribution < -0.4 is 19.1 Å². The molecule has 0 bridgehead atoms. The second kappa shape index (κ2) is 8.10. The van der Waals surface area contributed by atoms with Crippen molar-refractivity contribution in [1.29, 1.82) is 0 Å². The molecule has 8 heteroatoms. The van der Waals surface area contributed by atoms with Crippen LogP contribution in [0.3, 0.4) is 0 Å². The van der Waals surface area contributed by atoms with E-state index >= 15 is 0 Å². The van der Waals surface area contributed by atoms with Crippen molar-refractivity contribution < 1.29 is 22.7 Å². The molecule has 1 amide bonds. The Bertz CT molecular complexity index is 972. The number of ether oxygens (including phenoxy) is 2. The molecule has 0 aromatic heterocycles. The van der Waals surface area contributed by atoms with E-state index in [9.17, 15) is 13.2 Å². The number of rotatable bonds is 6. The molecular formula is C20H24N2O5S. The van der Waals surface area contributed by atoms with Gasteiger partial charge in [-0.05, 0) is 29.7 Å². The van der Waals surface area contributed by atoms with Crippen molar-refractivity contribution in [2.45, 2.75) is 19.8 Å². The molecule has 0 saturated heterocycles. The molecule has 2 aromatic rings. The van der Waals surface area contributed by atoms with Crippen LogP contribution in [0.1, 0.15) is 25.3 Å². The standard InChI is InChI=1S/C20H24N2O5S/c1-14(2)16-6-4-5-7-17(16)21-20(23)13-22(28(3,24)25)15-8-9-18-19(12-15)27-11-10-26-18/h4-9,12,14H,10-11,13H2,1-3H3,(H,21,23). The van der Waals surface area contributed by atoms with E-state index in [1.165, 1.54) is 0 Å². The van der Waals surface area contributed by atoms with Crippen LogP contribution in [-0.2, 0) is 14.8 Å². The summed E-state index contributed by atoms with van der Waals surface area (Å²) in [7, 11) is -3.68. The lowest BCUT2D eigenvalue weighted by atomic mass is 10.0. The van der Waals surface area contributed by atoms with Gasteiger partial charge in [0.1, 0.15) is 19.8 Å². The number of hydrogen-bond acceptors (Lipinski definition) is 5. The summed E-state index contributed by atoms with van der Waals surface area (Å²) in [5, 5.41) is 2.83. The molecule has 1 N–H and O–H groups in total. The van der Waals surface area contributed by atoms with Crippen molar-refractivity contribution >= 4 is 27.3 Å². The van der Waals surface area contributed by atoms with Gasteiger partial charge in [0.05, 0.1) is 11.9 Å². The summed E-state index contributed by atoms with van der Waals surface area (Å²) in [5.74, 6) is 0.815. The largest absolute Gasteiger partial charge is 0.486 e. The summed E-state index contributed by atoms with van der Waals surface area (Å²) in [6.07, 6.45) is 1.07. The van der Waals surface area contributed by atoms with E-state index in [2.05, 4.69) is 5.32 Å². The van der Waals surface area contributed by atoms with Crippen molar-refractivity contribution in [3.05, 3.63) is 48.0 Å². The minimum absolute atomic E-state index is 0.223. The summed E-state index contributed by atoms with van der Waals surface area (Å²) in [4.78, 5) is 12.6. The molecule has 7 nitrogen and oxygen atoms in total. The molecule has 3 rings (SSSR count). The van der Waals surface area contributed by atoms with Crippen molar-refractivity contribution in [3.63, 3.8) is 0 Å². The molecule has 1 aliphatic rings. The number of hydrogen-bond donors (Lipinski definition) is 1. The van der Waals surface area contributed by atoms with Gasteiger partial charge in [0.2, 0.25) is 15.9 Å². The molecule has 0 radical (unpaired) electrons. The Morgan fingerprint density at radius 1 is 1.11 bits per heavy atom. The van der Waals surface area contributed by atoms with E-state index in [0.29, 0.717) is 36.1 Å². The van der Waals surface area contributed by atoms with E-state index in [0.717, 1.165) is 16.1 Å². The Balaban J connectivity index is 1.83. The SMILES string of the molecule is CC(C)c1ccccc1NC(=O)CN(c1ccc2c(c1)OCCO2)S(C)(=O)=O. The predicted octanol–water partition coefficient (Wildman–Crippen LogP) is 2.99. The van der Waals surface area contributed by atoms with E-state index in [4.69, 9.17) is 9.47 Å². The van der Waals surface area contributed by atoms with E-state index in [1.54, 1.807) is 18.2 Å². The number of nitrogens with one attached hydrogen (secondary N) is 1. The van der Waals surface area contributed by atoms with Crippen LogP contribution in [0.2, 0.25) is 0 Å². The maximum absolute atomic E-state index is 12.6. The Morgan fingerprint density at radius 2 is 1.79 bits per heavy atom. The second-order valence-corrected chi connectivity index (χ2v) is 8.79. The maximum Gasteiger partial charge on any atom is 0.245 e. The normalized spacial score (nSPS) is 13.3. The van der Waals surface area contributed by atoms with Gasteiger partial charge in [-0.1, -0.05) is 32.0 Å². The van der Waals surface area contributed by atoms with Crippen molar-refractivity contribution in [1.82, 2.24) is 0 Å². The monoisotopic (exact) mass is 404 g/mol. The van der Waals surface area contributed by atoms with E-state index in [-0.39, 0.29) is 12.5 Å². The van der Waals surface area contributed by atoms with Gasteiger partial charge < -0.3 is 14.8 Å². The third-order valence-electron chi connectivity index (χ3n) is 4.36. The van der Waals surface area contributed by atoms with E-state index in [1.807, 2.05) is 38.1 Å². The first-order chi connectivity index (χ1) is 13.3. The number of para-hydroxylation sites is 1. The van der Waals surface area contributed by atoms with Crippen LogP contribution in [0, 0.1) is 0 Å². The highest BCUT2D eigenvalue weighted by molar-refractivity contribution is 7.92. The number of carbonyl (C=O) groups excluding carboxylic acids is 1. The Kier molecular flexibility index (Phi) is 5.79. The molecule has 0 aliphatic carbocycles. The Hall–Kier alpha value is -2.74. The fraction of sp³-hybridized carbons (Fsp3) is 0.350. The number of nitrogens with zero attached hydrogens (tertiary/aromatic N) is 1. The average Bonchev–Trinajstić information content (AvgIpc) is 2.65. The van der Waals surface area contributed by atoms with Gasteiger partial charge in [-0.3, -0.25) is 9.10 Å². The lowest BCUT2D eigenvalue weighted by Gasteiger charge is -2.25. The van der Waals surface area contributed by atoms with Crippen LogP contribution in [0.5, 0.6) is 11.5 Å². The number of carbonyl (C=O) groups is 1. The number of fused-ring (bicyclic) bond motifs is 1. The quantitative estimate of drug-likeness (QED) is 0.800. The highest BCUT2D eigenvalue weighted by Gasteiger charge is 2.23. The fourth-order valence-electron chi connectivity index (χ4n) is 3.02. The lowest BCUT2D eigenvalue weighted by Crippen LogP contribution is -2.37. The van der Waals surface area contributed by atoms with Crippen LogP contribution in [-0.4, -0.2) is 40.3 Å². The van der Waals surface area contributed by atoms with Crippen LogP contribution >= 0.6 is 0 Å². The van der Waals surface area contributed by atoms with Crippen LogP contribution in [0.4, 0.5) is 11.4 Å². The van der Waals surface area contributed by atoms with Gasteiger partial charge in [-0.25, -0.2) is 8.42 Å². The van der Waals surface area contributed by atoms with Gasteiger partial charge in [0.25, 0.3) is 0 Å². The van der Waals surface area contributed by atoms with E-state index < -0.39 is 15.9 Å². The average molecular weight is 404 g/mol. The second-order valence-electron chi connectivity index (χ2n) is 6.89. The maximum atomic E-state index is 12.6. The van der Waals surface area contributed by atoms with Crippen LogP contribution in [0.25, 0.3) is 0 Å². The summed E-state index contributed by atoms with van der Waals surface area (Å²) in [6, 6.07) is 12.3. The molecular weight excluding hydrogens is 380 g/mol. The molecule has 1 heterocycles. The minimum Gasteiger partial charge on any atom is -0.486 e. The van der Waals surface area contributed by atoms with Gasteiger partial charge >= 0.3 is 0 Å². The molecule has 2 aromatic carbocycles. The summed E-state index contributed by atoms with van der Waals surface area (Å²) >= 11 is 0. The third kappa shape index (κ3) is 4.56. The van der Waals surface area contributed by atoms with Gasteiger partial charge in [0.15, 0.2) is 11.5 Å². The third-order valence-corrected chi connectivity index (χ3v) is 5.50. The Morgan fingerprint density at radius 3 is 2.46 bits per heavy atom. The van der Waals surface area contributed by atoms with Gasteiger partial charge in [-0.2, -0.15) is 0 Å². The predicted molar refractivity (Wildman–Crippen MR) is 109 cm³/mol. The smallest absolute Gasteiger partial charge is 0.245 e. The number of sulfonamides is 1. The van der Waals surface area contributed by atoms with Gasteiger partial charge in [-0.15, -0.1) is 0 Å². The van der Waals surface area contributed by atoms with Crippen molar-refractivity contribution in [2.24, 2.45) is 0 Å². The summed E-state index contributed by atoms with van der Waals surface area (Å²) in [5.41, 5.74) is 2.01. The topological polar surface area (TPSA) is 84.9 Å². The molecule has 0 atom stereocenters. The molecule has 0 saturated carbocycles. The molecule has 0 unspecified atom stereocenters. The molecule has 1 aliphatic heterocycles. The number of amides is 1. The first-order valence-corrected chi connectivity index (χ1v) is 10.9. The minimum atomic E-state index is -3.68. The van der Waals surface area contributed by atoms with Gasteiger partial charge in [0, 0.05) is 11.8 Å². The first-order valence-electron chi connectivity index (χ1n) is 9.02. The highest BCUT2D eigenvalue weighted by atomic mass is 32.2. The van der Waals surface area contributed by atoms with Crippen molar-refractivity contribution in [3.8, 4) is 11.5 Å². The molecule has 0 fully saturated rings. The lowest BCUT2D eigenvalue weighted by molar-refractivity contribution is -0.114. The molecule has 150 valence electrons. The zero-order chi connectivity index (χ0) is 20.3. The molecule has 0 spiro atoms. The fourth-order valence-corrected chi connectivity index (χ4v) is 3.87. The zero-order valence-electron chi connectivity index (χ0n) is 16.1. The first kappa shape index (κ1) is 20.0. The number of benzene rings is 2.